The van der Waals surface area contributed by atoms with Crippen molar-refractivity contribution in [2.75, 3.05) is 26.3 Å². The fraction of sp³-hybridized carbons (Fsp3) is 0.680. The van der Waals surface area contributed by atoms with Crippen LogP contribution in [0.15, 0.2) is 30.3 Å². The van der Waals surface area contributed by atoms with Crippen LogP contribution in [0.5, 0.6) is 0 Å². The standard InChI is InChI=1S/C25H34N2O4/c1-2-30-24(29)25-12-18-10-19(13-25)22(20(11-18)14-25)26-23(28)21-16-27(8-9-31-21)15-17-6-4-3-5-7-17/h3-7,18-22H,2,8-16H2,1H3,(H,26,28). The summed E-state index contributed by atoms with van der Waals surface area (Å²) in [6.07, 6.45) is 4.50. The molecular weight excluding hydrogens is 392 g/mol. The number of benzene rings is 1. The molecule has 1 heterocycles. The van der Waals surface area contributed by atoms with Gasteiger partial charge in [-0.1, -0.05) is 30.3 Å². The smallest absolute Gasteiger partial charge is 0.312 e. The van der Waals surface area contributed by atoms with Gasteiger partial charge in [0.2, 0.25) is 0 Å². The highest BCUT2D eigenvalue weighted by molar-refractivity contribution is 5.82. The van der Waals surface area contributed by atoms with Gasteiger partial charge in [-0.15, -0.1) is 0 Å². The summed E-state index contributed by atoms with van der Waals surface area (Å²) in [7, 11) is 0. The molecule has 1 N–H and O–H groups in total. The van der Waals surface area contributed by atoms with Crippen molar-refractivity contribution in [2.24, 2.45) is 23.2 Å². The van der Waals surface area contributed by atoms with Gasteiger partial charge in [-0.2, -0.15) is 0 Å². The van der Waals surface area contributed by atoms with Crippen LogP contribution in [0, 0.1) is 23.2 Å². The van der Waals surface area contributed by atoms with E-state index >= 15 is 0 Å². The lowest BCUT2D eigenvalue weighted by atomic mass is 9.48. The van der Waals surface area contributed by atoms with E-state index in [1.807, 2.05) is 13.0 Å². The number of ether oxygens (including phenoxy) is 2. The van der Waals surface area contributed by atoms with Gasteiger partial charge in [0.15, 0.2) is 0 Å². The molecule has 4 saturated carbocycles. The zero-order chi connectivity index (χ0) is 21.4. The topological polar surface area (TPSA) is 67.9 Å². The Balaban J connectivity index is 1.21. The Bertz CT molecular complexity index is 797. The first-order chi connectivity index (χ1) is 15.1. The lowest BCUT2D eigenvalue weighted by molar-refractivity contribution is -0.174. The fourth-order valence-corrected chi connectivity index (χ4v) is 6.90. The molecule has 3 atom stereocenters. The van der Waals surface area contributed by atoms with Crippen molar-refractivity contribution in [3.8, 4) is 0 Å². The van der Waals surface area contributed by atoms with Crippen molar-refractivity contribution in [3.05, 3.63) is 35.9 Å². The Kier molecular flexibility index (Phi) is 5.78. The average Bonchev–Trinajstić information content (AvgIpc) is 2.77. The molecule has 168 valence electrons. The Morgan fingerprint density at radius 1 is 1.16 bits per heavy atom. The first-order valence-electron chi connectivity index (χ1n) is 11.9. The highest BCUT2D eigenvalue weighted by Crippen LogP contribution is 2.60. The van der Waals surface area contributed by atoms with E-state index in [4.69, 9.17) is 9.47 Å². The molecule has 4 bridgehead atoms. The van der Waals surface area contributed by atoms with Crippen LogP contribution < -0.4 is 5.32 Å². The molecule has 1 saturated heterocycles. The predicted octanol–water partition coefficient (Wildman–Crippen LogP) is 2.76. The van der Waals surface area contributed by atoms with Crippen LogP contribution in [-0.2, 0) is 25.6 Å². The molecule has 4 aliphatic carbocycles. The molecule has 6 nitrogen and oxygen atoms in total. The third-order valence-corrected chi connectivity index (χ3v) is 7.98. The Morgan fingerprint density at radius 3 is 2.61 bits per heavy atom. The second-order valence-electron chi connectivity index (χ2n) is 10.1. The van der Waals surface area contributed by atoms with Crippen LogP contribution in [0.1, 0.15) is 44.6 Å². The number of rotatable bonds is 6. The third-order valence-electron chi connectivity index (χ3n) is 7.98. The van der Waals surface area contributed by atoms with E-state index in [0.717, 1.165) is 45.2 Å². The van der Waals surface area contributed by atoms with Crippen molar-refractivity contribution in [3.63, 3.8) is 0 Å². The van der Waals surface area contributed by atoms with Crippen LogP contribution in [-0.4, -0.2) is 55.2 Å². The van der Waals surface area contributed by atoms with Gasteiger partial charge in [0.1, 0.15) is 6.10 Å². The Labute approximate surface area is 184 Å². The molecule has 1 aromatic carbocycles. The number of carbonyl (C=O) groups is 2. The molecule has 6 rings (SSSR count). The summed E-state index contributed by atoms with van der Waals surface area (Å²) < 4.78 is 11.3. The van der Waals surface area contributed by atoms with Crippen LogP contribution in [0.4, 0.5) is 0 Å². The van der Waals surface area contributed by atoms with Crippen molar-refractivity contribution in [2.45, 2.75) is 57.7 Å². The van der Waals surface area contributed by atoms with Gasteiger partial charge in [0.05, 0.1) is 18.6 Å². The Hall–Kier alpha value is -1.92. The van der Waals surface area contributed by atoms with Crippen LogP contribution >= 0.6 is 0 Å². The monoisotopic (exact) mass is 426 g/mol. The van der Waals surface area contributed by atoms with E-state index < -0.39 is 6.10 Å². The molecule has 6 heteroatoms. The van der Waals surface area contributed by atoms with Crippen molar-refractivity contribution >= 4 is 11.9 Å². The predicted molar refractivity (Wildman–Crippen MR) is 116 cm³/mol. The van der Waals surface area contributed by atoms with Crippen molar-refractivity contribution in [1.29, 1.82) is 0 Å². The zero-order valence-corrected chi connectivity index (χ0v) is 18.4. The second-order valence-corrected chi connectivity index (χ2v) is 10.1. The summed E-state index contributed by atoms with van der Waals surface area (Å²) in [5.41, 5.74) is 0.954. The molecule has 31 heavy (non-hydrogen) atoms. The zero-order valence-electron chi connectivity index (χ0n) is 18.4. The minimum Gasteiger partial charge on any atom is -0.466 e. The largest absolute Gasteiger partial charge is 0.466 e. The van der Waals surface area contributed by atoms with Crippen molar-refractivity contribution < 1.29 is 19.1 Å². The summed E-state index contributed by atoms with van der Waals surface area (Å²) in [6.45, 7) is 5.21. The maximum atomic E-state index is 13.1. The summed E-state index contributed by atoms with van der Waals surface area (Å²) in [5, 5.41) is 3.36. The summed E-state index contributed by atoms with van der Waals surface area (Å²) in [4.78, 5) is 28.2. The third kappa shape index (κ3) is 4.12. The lowest BCUT2D eigenvalue weighted by Gasteiger charge is -2.58. The molecule has 0 spiro atoms. The first kappa shape index (κ1) is 21.0. The molecule has 1 amide bonds. The number of nitrogens with one attached hydrogen (secondary N) is 1. The molecule has 5 fully saturated rings. The molecule has 0 radical (unpaired) electrons. The van der Waals surface area contributed by atoms with E-state index in [0.29, 0.717) is 37.5 Å². The van der Waals surface area contributed by atoms with Crippen molar-refractivity contribution in [1.82, 2.24) is 10.2 Å². The number of hydrogen-bond acceptors (Lipinski definition) is 5. The van der Waals surface area contributed by atoms with Gasteiger partial charge in [-0.25, -0.2) is 0 Å². The summed E-state index contributed by atoms with van der Waals surface area (Å²) in [5.74, 6) is 1.36. The van der Waals surface area contributed by atoms with Crippen LogP contribution in [0.2, 0.25) is 0 Å². The summed E-state index contributed by atoms with van der Waals surface area (Å²) in [6, 6.07) is 10.5. The average molecular weight is 427 g/mol. The molecule has 1 aliphatic heterocycles. The van der Waals surface area contributed by atoms with Gasteiger partial charge in [-0.05, 0) is 62.3 Å². The van der Waals surface area contributed by atoms with E-state index in [9.17, 15) is 9.59 Å². The molecule has 1 aromatic rings. The quantitative estimate of drug-likeness (QED) is 0.709. The van der Waals surface area contributed by atoms with Gasteiger partial charge in [0, 0.05) is 25.7 Å². The van der Waals surface area contributed by atoms with E-state index in [1.165, 1.54) is 5.56 Å². The van der Waals surface area contributed by atoms with E-state index in [-0.39, 0.29) is 23.3 Å². The van der Waals surface area contributed by atoms with Gasteiger partial charge in [0.25, 0.3) is 5.91 Å². The summed E-state index contributed by atoms with van der Waals surface area (Å²) >= 11 is 0. The highest BCUT2D eigenvalue weighted by atomic mass is 16.5. The van der Waals surface area contributed by atoms with Gasteiger partial charge in [-0.3, -0.25) is 14.5 Å². The second kappa shape index (κ2) is 8.55. The number of nitrogens with zero attached hydrogens (tertiary/aromatic N) is 1. The minimum absolute atomic E-state index is 0.00801. The number of morpholine rings is 1. The maximum absolute atomic E-state index is 13.1. The molecule has 3 unspecified atom stereocenters. The van der Waals surface area contributed by atoms with Gasteiger partial charge < -0.3 is 14.8 Å². The van der Waals surface area contributed by atoms with Gasteiger partial charge >= 0.3 is 5.97 Å². The number of hydrogen-bond donors (Lipinski definition) is 1. The fourth-order valence-electron chi connectivity index (χ4n) is 6.90. The first-order valence-corrected chi connectivity index (χ1v) is 11.9. The number of carbonyl (C=O) groups excluding carboxylic acids is 2. The van der Waals surface area contributed by atoms with E-state index in [1.54, 1.807) is 0 Å². The minimum atomic E-state index is -0.423. The lowest BCUT2D eigenvalue weighted by Crippen LogP contribution is -2.63. The van der Waals surface area contributed by atoms with E-state index in [2.05, 4.69) is 34.5 Å². The Morgan fingerprint density at radius 2 is 1.90 bits per heavy atom. The normalized spacial score (nSPS) is 36.9. The molecule has 5 aliphatic rings. The highest BCUT2D eigenvalue weighted by Gasteiger charge is 2.59. The SMILES string of the molecule is CCOC(=O)C12CC3CC(C1)C(NC(=O)C1CN(Cc4ccccc4)CCO1)C(C3)C2. The molecule has 0 aromatic heterocycles. The van der Waals surface area contributed by atoms with Crippen LogP contribution in [0.25, 0.3) is 0 Å². The number of amides is 1. The molecular formula is C25H34N2O4. The maximum Gasteiger partial charge on any atom is 0.312 e. The number of esters is 1. The van der Waals surface area contributed by atoms with Crippen LogP contribution in [0.3, 0.4) is 0 Å².